The highest BCUT2D eigenvalue weighted by Crippen LogP contribution is 2.42. The van der Waals surface area contributed by atoms with Crippen molar-refractivity contribution in [3.63, 3.8) is 0 Å². The molecule has 0 heterocycles. The number of Topliss-reactive ketones (excluding diaryl/α,β-unsaturated/α-hetero) is 2. The predicted molar refractivity (Wildman–Crippen MR) is 115 cm³/mol. The second-order valence-corrected chi connectivity index (χ2v) is 9.06. The molecule has 4 heteroatoms. The minimum atomic E-state index is -0.392. The van der Waals surface area contributed by atoms with Crippen molar-refractivity contribution in [2.45, 2.75) is 54.4 Å². The van der Waals surface area contributed by atoms with E-state index >= 15 is 0 Å². The summed E-state index contributed by atoms with van der Waals surface area (Å²) in [7, 11) is 0. The average molecular weight is 399 g/mol. The Morgan fingerprint density at radius 1 is 1.10 bits per heavy atom. The van der Waals surface area contributed by atoms with Gasteiger partial charge in [0.1, 0.15) is 5.78 Å². The molecule has 4 atom stereocenters. The second kappa shape index (κ2) is 9.51. The average Bonchev–Trinajstić information content (AvgIpc) is 2.66. The standard InChI is InChI=1S/C25H34O4/c1-7-29-24(28)20-12-10-19(11-13-20)23(27)18(4)17(3)15-21(26)22-16(2)9-8-14-25(22,5)6/h8-13,16-18,22H,7,14-15H2,1-6H3. The third-order valence-corrected chi connectivity index (χ3v) is 6.27. The summed E-state index contributed by atoms with van der Waals surface area (Å²) in [5.74, 6) is -0.260. The van der Waals surface area contributed by atoms with Gasteiger partial charge in [0.05, 0.1) is 12.2 Å². The molecule has 1 aliphatic rings. The van der Waals surface area contributed by atoms with Crippen molar-refractivity contribution < 1.29 is 19.1 Å². The Morgan fingerprint density at radius 3 is 2.24 bits per heavy atom. The van der Waals surface area contributed by atoms with E-state index in [2.05, 4.69) is 32.9 Å². The van der Waals surface area contributed by atoms with Crippen LogP contribution >= 0.6 is 0 Å². The third kappa shape index (κ3) is 5.43. The van der Waals surface area contributed by atoms with Gasteiger partial charge in [-0.25, -0.2) is 4.79 Å². The Balaban J connectivity index is 2.04. The van der Waals surface area contributed by atoms with Crippen LogP contribution in [0.4, 0.5) is 0 Å². The topological polar surface area (TPSA) is 60.4 Å². The monoisotopic (exact) mass is 398 g/mol. The predicted octanol–water partition coefficient (Wildman–Crippen LogP) is 5.52. The van der Waals surface area contributed by atoms with Gasteiger partial charge in [0, 0.05) is 23.8 Å². The van der Waals surface area contributed by atoms with E-state index in [1.54, 1.807) is 31.2 Å². The summed E-state index contributed by atoms with van der Waals surface area (Å²) < 4.78 is 4.97. The molecule has 4 nitrogen and oxygen atoms in total. The largest absolute Gasteiger partial charge is 0.462 e. The molecule has 1 aromatic carbocycles. The van der Waals surface area contributed by atoms with Crippen LogP contribution in [-0.2, 0) is 9.53 Å². The molecule has 0 bridgehead atoms. The normalized spacial score (nSPS) is 22.6. The molecule has 0 fully saturated rings. The van der Waals surface area contributed by atoms with Gasteiger partial charge in [-0.15, -0.1) is 0 Å². The van der Waals surface area contributed by atoms with E-state index in [0.717, 1.165) is 6.42 Å². The Kier molecular flexibility index (Phi) is 7.56. The van der Waals surface area contributed by atoms with E-state index in [-0.39, 0.29) is 40.7 Å². The number of carbonyl (C=O) groups is 3. The van der Waals surface area contributed by atoms with E-state index < -0.39 is 5.97 Å². The lowest BCUT2D eigenvalue weighted by Crippen LogP contribution is -2.38. The number of rotatable bonds is 8. The van der Waals surface area contributed by atoms with Crippen molar-refractivity contribution >= 4 is 17.5 Å². The van der Waals surface area contributed by atoms with Crippen LogP contribution in [0.5, 0.6) is 0 Å². The Hall–Kier alpha value is -2.23. The highest BCUT2D eigenvalue weighted by molar-refractivity contribution is 5.99. The molecule has 0 N–H and O–H groups in total. The summed E-state index contributed by atoms with van der Waals surface area (Å²) in [5.41, 5.74) is 0.932. The fourth-order valence-corrected chi connectivity index (χ4v) is 4.39. The molecule has 2 rings (SSSR count). The molecule has 1 aliphatic carbocycles. The van der Waals surface area contributed by atoms with Gasteiger partial charge in [-0.1, -0.05) is 58.9 Å². The minimum Gasteiger partial charge on any atom is -0.462 e. The molecule has 0 aromatic heterocycles. The molecular weight excluding hydrogens is 364 g/mol. The van der Waals surface area contributed by atoms with Gasteiger partial charge in [0.2, 0.25) is 0 Å². The summed E-state index contributed by atoms with van der Waals surface area (Å²) in [4.78, 5) is 37.8. The van der Waals surface area contributed by atoms with E-state index in [1.807, 2.05) is 13.8 Å². The van der Waals surface area contributed by atoms with Gasteiger partial charge in [-0.05, 0) is 42.7 Å². The van der Waals surface area contributed by atoms with Crippen molar-refractivity contribution in [2.75, 3.05) is 6.61 Å². The number of hydrogen-bond acceptors (Lipinski definition) is 4. The quantitative estimate of drug-likeness (QED) is 0.329. The van der Waals surface area contributed by atoms with Crippen LogP contribution in [0.25, 0.3) is 0 Å². The molecule has 1 aromatic rings. The number of benzene rings is 1. The number of carbonyl (C=O) groups excluding carboxylic acids is 3. The molecule has 0 saturated carbocycles. The highest BCUT2D eigenvalue weighted by atomic mass is 16.5. The van der Waals surface area contributed by atoms with Crippen molar-refractivity contribution in [1.29, 1.82) is 0 Å². The number of ketones is 2. The molecular formula is C25H34O4. The molecule has 0 radical (unpaired) electrons. The van der Waals surface area contributed by atoms with E-state index in [4.69, 9.17) is 4.74 Å². The minimum absolute atomic E-state index is 0.00319. The number of hydrogen-bond donors (Lipinski definition) is 0. The van der Waals surface area contributed by atoms with Crippen molar-refractivity contribution in [2.24, 2.45) is 29.1 Å². The zero-order valence-corrected chi connectivity index (χ0v) is 18.5. The maximum Gasteiger partial charge on any atom is 0.338 e. The maximum absolute atomic E-state index is 13.1. The fraction of sp³-hybridized carbons (Fsp3) is 0.560. The molecule has 158 valence electrons. The summed E-state index contributed by atoms with van der Waals surface area (Å²) in [6.07, 6.45) is 5.62. The molecule has 0 amide bonds. The smallest absolute Gasteiger partial charge is 0.338 e. The lowest BCUT2D eigenvalue weighted by molar-refractivity contribution is -0.129. The lowest BCUT2D eigenvalue weighted by atomic mass is 9.64. The summed E-state index contributed by atoms with van der Waals surface area (Å²) in [5, 5.41) is 0. The molecule has 0 spiro atoms. The van der Waals surface area contributed by atoms with Crippen LogP contribution in [0.1, 0.15) is 75.1 Å². The van der Waals surface area contributed by atoms with E-state index in [0.29, 0.717) is 24.2 Å². The summed E-state index contributed by atoms with van der Waals surface area (Å²) in [6, 6.07) is 6.56. The van der Waals surface area contributed by atoms with Gasteiger partial charge < -0.3 is 4.74 Å². The first-order valence-electron chi connectivity index (χ1n) is 10.6. The Labute approximate surface area is 174 Å². The SMILES string of the molecule is CCOC(=O)c1ccc(C(=O)C(C)C(C)CC(=O)C2C(C)C=CCC2(C)C)cc1. The van der Waals surface area contributed by atoms with Crippen molar-refractivity contribution in [3.8, 4) is 0 Å². The van der Waals surface area contributed by atoms with Crippen molar-refractivity contribution in [1.82, 2.24) is 0 Å². The van der Waals surface area contributed by atoms with Crippen LogP contribution < -0.4 is 0 Å². The Morgan fingerprint density at radius 2 is 1.69 bits per heavy atom. The second-order valence-electron chi connectivity index (χ2n) is 9.06. The molecule has 29 heavy (non-hydrogen) atoms. The van der Waals surface area contributed by atoms with E-state index in [9.17, 15) is 14.4 Å². The third-order valence-electron chi connectivity index (χ3n) is 6.27. The van der Waals surface area contributed by atoms with E-state index in [1.165, 1.54) is 0 Å². The van der Waals surface area contributed by atoms with Gasteiger partial charge in [0.25, 0.3) is 0 Å². The number of allylic oxidation sites excluding steroid dienone is 2. The fourth-order valence-electron chi connectivity index (χ4n) is 4.39. The van der Waals surface area contributed by atoms with Crippen LogP contribution in [0, 0.1) is 29.1 Å². The molecule has 4 unspecified atom stereocenters. The number of ether oxygens (including phenoxy) is 1. The first kappa shape index (κ1) is 23.1. The first-order valence-corrected chi connectivity index (χ1v) is 10.6. The van der Waals surface area contributed by atoms with Gasteiger partial charge >= 0.3 is 5.97 Å². The number of esters is 1. The summed E-state index contributed by atoms with van der Waals surface area (Å²) in [6.45, 7) is 12.3. The van der Waals surface area contributed by atoms with Gasteiger partial charge in [-0.2, -0.15) is 0 Å². The molecule has 0 saturated heterocycles. The lowest BCUT2D eigenvalue weighted by Gasteiger charge is -2.39. The highest BCUT2D eigenvalue weighted by Gasteiger charge is 2.40. The van der Waals surface area contributed by atoms with Crippen molar-refractivity contribution in [3.05, 3.63) is 47.5 Å². The first-order chi connectivity index (χ1) is 13.6. The van der Waals surface area contributed by atoms with Crippen LogP contribution in [-0.4, -0.2) is 24.1 Å². The Bertz CT molecular complexity index is 773. The van der Waals surface area contributed by atoms with Gasteiger partial charge in [-0.3, -0.25) is 9.59 Å². The van der Waals surface area contributed by atoms with Gasteiger partial charge in [0.15, 0.2) is 5.78 Å². The molecule has 0 aliphatic heterocycles. The maximum atomic E-state index is 13.1. The van der Waals surface area contributed by atoms with Crippen LogP contribution in [0.3, 0.4) is 0 Å². The zero-order chi connectivity index (χ0) is 21.8. The summed E-state index contributed by atoms with van der Waals surface area (Å²) >= 11 is 0. The van der Waals surface area contributed by atoms with Crippen LogP contribution in [0.15, 0.2) is 36.4 Å². The zero-order valence-electron chi connectivity index (χ0n) is 18.5. The van der Waals surface area contributed by atoms with Crippen LogP contribution in [0.2, 0.25) is 0 Å².